The standard InChI is InChI=1S/C11H13NO6/c13-2-1-9(11(17)18)12-10(16)6-3-7(14)5-8(15)4-6/h3-5,9,13-15H,1-2H2,(H,12,16)(H,17,18)/t9-/m1/s1. The third kappa shape index (κ3) is 3.63. The molecule has 7 nitrogen and oxygen atoms in total. The Hall–Kier alpha value is -2.28. The van der Waals surface area contributed by atoms with Gasteiger partial charge in [0.15, 0.2) is 0 Å². The van der Waals surface area contributed by atoms with Crippen LogP contribution in [0.5, 0.6) is 11.5 Å². The molecule has 0 fully saturated rings. The number of aromatic hydroxyl groups is 2. The first-order valence-corrected chi connectivity index (χ1v) is 5.11. The molecule has 7 heteroatoms. The molecular formula is C11H13NO6. The molecule has 0 unspecified atom stereocenters. The Morgan fingerprint density at radius 3 is 2.17 bits per heavy atom. The van der Waals surface area contributed by atoms with Gasteiger partial charge in [-0.1, -0.05) is 0 Å². The van der Waals surface area contributed by atoms with Gasteiger partial charge in [-0.3, -0.25) is 4.79 Å². The summed E-state index contributed by atoms with van der Waals surface area (Å²) in [5.74, 6) is -2.66. The normalized spacial score (nSPS) is 11.8. The summed E-state index contributed by atoms with van der Waals surface area (Å²) in [6, 6.07) is 1.99. The van der Waals surface area contributed by atoms with Gasteiger partial charge in [-0.15, -0.1) is 0 Å². The molecule has 1 aromatic rings. The molecule has 1 atom stereocenters. The molecular weight excluding hydrogens is 242 g/mol. The number of aliphatic hydroxyl groups is 1. The summed E-state index contributed by atoms with van der Waals surface area (Å²) < 4.78 is 0. The van der Waals surface area contributed by atoms with Crippen LogP contribution in [-0.2, 0) is 4.79 Å². The number of carbonyl (C=O) groups is 2. The summed E-state index contributed by atoms with van der Waals surface area (Å²) >= 11 is 0. The first-order chi connectivity index (χ1) is 8.43. The fraction of sp³-hybridized carbons (Fsp3) is 0.273. The number of phenols is 2. The molecule has 1 aromatic carbocycles. The van der Waals surface area contributed by atoms with Gasteiger partial charge in [0.2, 0.25) is 0 Å². The zero-order valence-electron chi connectivity index (χ0n) is 9.33. The van der Waals surface area contributed by atoms with E-state index in [1.54, 1.807) is 0 Å². The summed E-state index contributed by atoms with van der Waals surface area (Å²) in [7, 11) is 0. The van der Waals surface area contributed by atoms with Crippen molar-refractivity contribution < 1.29 is 30.0 Å². The molecule has 0 spiro atoms. The maximum atomic E-state index is 11.7. The van der Waals surface area contributed by atoms with Crippen LogP contribution in [0, 0.1) is 0 Å². The Morgan fingerprint density at radius 1 is 1.17 bits per heavy atom. The number of carbonyl (C=O) groups excluding carboxylic acids is 1. The van der Waals surface area contributed by atoms with Crippen LogP contribution in [0.25, 0.3) is 0 Å². The van der Waals surface area contributed by atoms with Gasteiger partial charge in [-0.05, 0) is 12.1 Å². The fourth-order valence-corrected chi connectivity index (χ4v) is 1.35. The van der Waals surface area contributed by atoms with Crippen molar-refractivity contribution in [3.8, 4) is 11.5 Å². The smallest absolute Gasteiger partial charge is 0.326 e. The zero-order chi connectivity index (χ0) is 13.7. The molecule has 0 aliphatic rings. The number of aliphatic carboxylic acids is 1. The van der Waals surface area contributed by atoms with Crippen LogP contribution >= 0.6 is 0 Å². The van der Waals surface area contributed by atoms with Crippen LogP contribution in [0.2, 0.25) is 0 Å². The molecule has 1 amide bonds. The first-order valence-electron chi connectivity index (χ1n) is 5.11. The number of carboxylic acid groups (broad SMARTS) is 1. The topological polar surface area (TPSA) is 127 Å². The highest BCUT2D eigenvalue weighted by Gasteiger charge is 2.20. The van der Waals surface area contributed by atoms with Crippen molar-refractivity contribution in [3.63, 3.8) is 0 Å². The number of hydrogen-bond acceptors (Lipinski definition) is 5. The molecule has 0 bridgehead atoms. The van der Waals surface area contributed by atoms with Crippen molar-refractivity contribution in [2.75, 3.05) is 6.61 Å². The molecule has 0 aliphatic heterocycles. The largest absolute Gasteiger partial charge is 0.508 e. The van der Waals surface area contributed by atoms with Crippen LogP contribution in [0.3, 0.4) is 0 Å². The lowest BCUT2D eigenvalue weighted by Crippen LogP contribution is -2.41. The Morgan fingerprint density at radius 2 is 1.72 bits per heavy atom. The predicted molar refractivity (Wildman–Crippen MR) is 60.4 cm³/mol. The zero-order valence-corrected chi connectivity index (χ0v) is 9.33. The van der Waals surface area contributed by atoms with E-state index >= 15 is 0 Å². The van der Waals surface area contributed by atoms with Gasteiger partial charge in [-0.25, -0.2) is 4.79 Å². The molecule has 5 N–H and O–H groups in total. The molecule has 0 saturated heterocycles. The summed E-state index contributed by atoms with van der Waals surface area (Å²) in [5, 5.41) is 38.0. The van der Waals surface area contributed by atoms with Crippen LogP contribution in [0.15, 0.2) is 18.2 Å². The second-order valence-electron chi connectivity index (χ2n) is 3.61. The minimum Gasteiger partial charge on any atom is -0.508 e. The summed E-state index contributed by atoms with van der Waals surface area (Å²) in [4.78, 5) is 22.4. The number of carboxylic acids is 1. The lowest BCUT2D eigenvalue weighted by atomic mass is 10.1. The van der Waals surface area contributed by atoms with Crippen LogP contribution in [0.1, 0.15) is 16.8 Å². The number of rotatable bonds is 5. The summed E-state index contributed by atoms with van der Waals surface area (Å²) in [6.07, 6.45) is -0.133. The quantitative estimate of drug-likeness (QED) is 0.490. The number of benzene rings is 1. The van der Waals surface area contributed by atoms with E-state index in [0.717, 1.165) is 18.2 Å². The fourth-order valence-electron chi connectivity index (χ4n) is 1.35. The highest BCUT2D eigenvalue weighted by Crippen LogP contribution is 2.20. The van der Waals surface area contributed by atoms with E-state index in [2.05, 4.69) is 5.32 Å². The molecule has 0 aliphatic carbocycles. The predicted octanol–water partition coefficient (Wildman–Crippen LogP) is -0.337. The van der Waals surface area contributed by atoms with Crippen molar-refractivity contribution in [1.82, 2.24) is 5.32 Å². The van der Waals surface area contributed by atoms with E-state index in [1.807, 2.05) is 0 Å². The Bertz CT molecular complexity index is 439. The Labute approximate surface area is 102 Å². The van der Waals surface area contributed by atoms with E-state index in [4.69, 9.17) is 10.2 Å². The molecule has 18 heavy (non-hydrogen) atoms. The molecule has 1 rings (SSSR count). The lowest BCUT2D eigenvalue weighted by Gasteiger charge is -2.13. The molecule has 98 valence electrons. The third-order valence-corrected chi connectivity index (χ3v) is 2.19. The van der Waals surface area contributed by atoms with E-state index in [-0.39, 0.29) is 30.1 Å². The number of nitrogens with one attached hydrogen (secondary N) is 1. The van der Waals surface area contributed by atoms with Crippen LogP contribution in [-0.4, -0.2) is 45.0 Å². The van der Waals surface area contributed by atoms with E-state index in [9.17, 15) is 19.8 Å². The second-order valence-corrected chi connectivity index (χ2v) is 3.61. The van der Waals surface area contributed by atoms with E-state index in [1.165, 1.54) is 0 Å². The number of aliphatic hydroxyl groups excluding tert-OH is 1. The molecule has 0 heterocycles. The van der Waals surface area contributed by atoms with Gasteiger partial charge < -0.3 is 25.7 Å². The molecule has 0 radical (unpaired) electrons. The van der Waals surface area contributed by atoms with Gasteiger partial charge in [-0.2, -0.15) is 0 Å². The number of phenolic OH excluding ortho intramolecular Hbond substituents is 2. The van der Waals surface area contributed by atoms with Crippen LogP contribution in [0.4, 0.5) is 0 Å². The van der Waals surface area contributed by atoms with Gasteiger partial charge in [0.25, 0.3) is 5.91 Å². The number of amides is 1. The average molecular weight is 255 g/mol. The maximum absolute atomic E-state index is 11.7. The van der Waals surface area contributed by atoms with E-state index < -0.39 is 17.9 Å². The van der Waals surface area contributed by atoms with E-state index in [0.29, 0.717) is 0 Å². The van der Waals surface area contributed by atoms with Crippen molar-refractivity contribution in [2.45, 2.75) is 12.5 Å². The maximum Gasteiger partial charge on any atom is 0.326 e. The highest BCUT2D eigenvalue weighted by atomic mass is 16.4. The Kier molecular flexibility index (Phi) is 4.50. The monoisotopic (exact) mass is 255 g/mol. The lowest BCUT2D eigenvalue weighted by molar-refractivity contribution is -0.139. The Balaban J connectivity index is 2.83. The number of hydrogen-bond donors (Lipinski definition) is 5. The van der Waals surface area contributed by atoms with Crippen molar-refractivity contribution in [3.05, 3.63) is 23.8 Å². The average Bonchev–Trinajstić information content (AvgIpc) is 2.26. The minimum absolute atomic E-state index is 0.0725. The highest BCUT2D eigenvalue weighted by molar-refractivity contribution is 5.97. The second kappa shape index (κ2) is 5.87. The minimum atomic E-state index is -1.28. The van der Waals surface area contributed by atoms with Gasteiger partial charge in [0, 0.05) is 24.7 Å². The van der Waals surface area contributed by atoms with Crippen molar-refractivity contribution >= 4 is 11.9 Å². The first kappa shape index (κ1) is 13.8. The summed E-state index contributed by atoms with van der Waals surface area (Å²) in [6.45, 7) is -0.386. The van der Waals surface area contributed by atoms with Crippen LogP contribution < -0.4 is 5.32 Å². The van der Waals surface area contributed by atoms with Gasteiger partial charge in [0.1, 0.15) is 17.5 Å². The summed E-state index contributed by atoms with van der Waals surface area (Å²) in [5.41, 5.74) is -0.0725. The third-order valence-electron chi connectivity index (χ3n) is 2.19. The molecule has 0 saturated carbocycles. The van der Waals surface area contributed by atoms with Crippen molar-refractivity contribution in [1.29, 1.82) is 0 Å². The molecule has 0 aromatic heterocycles. The SMILES string of the molecule is O=C(N[C@H](CCO)C(=O)O)c1cc(O)cc(O)c1. The van der Waals surface area contributed by atoms with Gasteiger partial charge >= 0.3 is 5.97 Å². The van der Waals surface area contributed by atoms with Gasteiger partial charge in [0.05, 0.1) is 0 Å². The van der Waals surface area contributed by atoms with Crippen molar-refractivity contribution in [2.24, 2.45) is 0 Å².